The van der Waals surface area contributed by atoms with Gasteiger partial charge in [-0.15, -0.1) is 0 Å². The Bertz CT molecular complexity index is 1460. The number of fused-ring (bicyclic) bond motifs is 1. The van der Waals surface area contributed by atoms with Crippen molar-refractivity contribution in [1.29, 1.82) is 0 Å². The Hall–Kier alpha value is -3.75. The van der Waals surface area contributed by atoms with Crippen molar-refractivity contribution < 1.29 is 14.4 Å². The molecule has 1 saturated carbocycles. The van der Waals surface area contributed by atoms with Gasteiger partial charge in [-0.05, 0) is 61.2 Å². The van der Waals surface area contributed by atoms with E-state index in [-0.39, 0.29) is 38.9 Å². The second kappa shape index (κ2) is 10.1. The van der Waals surface area contributed by atoms with Gasteiger partial charge in [0, 0.05) is 48.2 Å². The number of benzene rings is 1. The summed E-state index contributed by atoms with van der Waals surface area (Å²) in [7, 11) is 0. The van der Waals surface area contributed by atoms with Gasteiger partial charge in [0.25, 0.3) is 11.8 Å². The lowest BCUT2D eigenvalue weighted by Crippen LogP contribution is -2.26. The highest BCUT2D eigenvalue weighted by Crippen LogP contribution is 2.32. The predicted octanol–water partition coefficient (Wildman–Crippen LogP) is 4.75. The van der Waals surface area contributed by atoms with Crippen LogP contribution in [-0.2, 0) is 11.2 Å². The Morgan fingerprint density at radius 2 is 1.72 bits per heavy atom. The number of amides is 2. The van der Waals surface area contributed by atoms with Crippen molar-refractivity contribution in [1.82, 2.24) is 19.9 Å². The molecule has 1 aliphatic carbocycles. The predicted molar refractivity (Wildman–Crippen MR) is 138 cm³/mol. The molecule has 0 bridgehead atoms. The summed E-state index contributed by atoms with van der Waals surface area (Å²) in [5.41, 5.74) is 1.92. The third-order valence-electron chi connectivity index (χ3n) is 5.99. The molecule has 2 amide bonds. The molecule has 0 radical (unpaired) electrons. The van der Waals surface area contributed by atoms with E-state index in [1.54, 1.807) is 30.7 Å². The highest BCUT2D eigenvalue weighted by atomic mass is 35.5. The van der Waals surface area contributed by atoms with Gasteiger partial charge in [-0.3, -0.25) is 23.9 Å². The van der Waals surface area contributed by atoms with Crippen molar-refractivity contribution >= 4 is 57.6 Å². The summed E-state index contributed by atoms with van der Waals surface area (Å²) in [5, 5.41) is 6.41. The molecule has 5 rings (SSSR count). The van der Waals surface area contributed by atoms with Gasteiger partial charge in [0.2, 0.25) is 5.91 Å². The standard InChI is InChI=1S/C26H21Cl2N5O3/c27-19-13-17(24(34)31-10-5-15-3-8-29-9-4-15)14-20(28)22(19)26(36)33-12-7-18-21(33)6-11-30-23(18)32-25(35)16-1-2-16/h3-4,6-9,11-14,16H,1-2,5,10H2,(H,31,34)(H,30,32,35). The maximum Gasteiger partial charge on any atom is 0.265 e. The maximum absolute atomic E-state index is 13.4. The quantitative estimate of drug-likeness (QED) is 0.365. The van der Waals surface area contributed by atoms with Gasteiger partial charge in [0.05, 0.1) is 21.1 Å². The first-order valence-electron chi connectivity index (χ1n) is 11.4. The van der Waals surface area contributed by atoms with E-state index in [1.807, 2.05) is 12.1 Å². The fourth-order valence-corrected chi connectivity index (χ4v) is 4.56. The summed E-state index contributed by atoms with van der Waals surface area (Å²) < 4.78 is 1.39. The molecule has 0 saturated heterocycles. The minimum absolute atomic E-state index is 0.0229. The highest BCUT2D eigenvalue weighted by molar-refractivity contribution is 6.40. The van der Waals surface area contributed by atoms with Crippen LogP contribution in [0.4, 0.5) is 5.82 Å². The number of pyridine rings is 2. The molecule has 10 heteroatoms. The van der Waals surface area contributed by atoms with E-state index in [1.165, 1.54) is 22.9 Å². The summed E-state index contributed by atoms with van der Waals surface area (Å²) in [6.07, 6.45) is 8.88. The van der Waals surface area contributed by atoms with E-state index in [0.717, 1.165) is 18.4 Å². The van der Waals surface area contributed by atoms with Gasteiger partial charge in [0.1, 0.15) is 5.82 Å². The molecule has 2 N–H and O–H groups in total. The normalized spacial score (nSPS) is 12.9. The van der Waals surface area contributed by atoms with Crippen molar-refractivity contribution in [2.75, 3.05) is 11.9 Å². The second-order valence-corrected chi connectivity index (χ2v) is 9.34. The summed E-state index contributed by atoms with van der Waals surface area (Å²) in [6, 6.07) is 9.99. The molecule has 182 valence electrons. The average molecular weight is 522 g/mol. The first kappa shape index (κ1) is 24.0. The average Bonchev–Trinajstić information content (AvgIpc) is 3.63. The Balaban J connectivity index is 1.35. The van der Waals surface area contributed by atoms with E-state index < -0.39 is 5.91 Å². The molecule has 8 nitrogen and oxygen atoms in total. The van der Waals surface area contributed by atoms with E-state index >= 15 is 0 Å². The SMILES string of the molecule is O=C(NCCc1ccncc1)c1cc(Cl)c(C(=O)n2ccc3c(NC(=O)C4CC4)nccc32)c(Cl)c1. The Labute approximate surface area is 216 Å². The lowest BCUT2D eigenvalue weighted by atomic mass is 10.1. The third-order valence-corrected chi connectivity index (χ3v) is 6.59. The van der Waals surface area contributed by atoms with E-state index in [2.05, 4.69) is 20.6 Å². The van der Waals surface area contributed by atoms with Gasteiger partial charge in [-0.2, -0.15) is 0 Å². The number of aromatic nitrogens is 3. The molecule has 4 aromatic rings. The number of anilines is 1. The number of carbonyl (C=O) groups is 3. The molecule has 36 heavy (non-hydrogen) atoms. The molecule has 0 spiro atoms. The van der Waals surface area contributed by atoms with Crippen LogP contribution in [0.5, 0.6) is 0 Å². The van der Waals surface area contributed by atoms with Crippen molar-refractivity contribution in [2.45, 2.75) is 19.3 Å². The zero-order chi connectivity index (χ0) is 25.2. The van der Waals surface area contributed by atoms with Crippen LogP contribution in [0.3, 0.4) is 0 Å². The monoisotopic (exact) mass is 521 g/mol. The highest BCUT2D eigenvalue weighted by Gasteiger charge is 2.30. The number of nitrogens with zero attached hydrogens (tertiary/aromatic N) is 3. The van der Waals surface area contributed by atoms with Crippen molar-refractivity contribution in [3.05, 3.63) is 87.9 Å². The number of hydrogen-bond donors (Lipinski definition) is 2. The number of carbonyl (C=O) groups excluding carboxylic acids is 3. The van der Waals surface area contributed by atoms with E-state index in [0.29, 0.717) is 29.7 Å². The van der Waals surface area contributed by atoms with E-state index in [4.69, 9.17) is 23.2 Å². The lowest BCUT2D eigenvalue weighted by molar-refractivity contribution is -0.117. The Morgan fingerprint density at radius 3 is 2.42 bits per heavy atom. The maximum atomic E-state index is 13.4. The Kier molecular flexibility index (Phi) is 6.71. The third kappa shape index (κ3) is 4.96. The Morgan fingerprint density at radius 1 is 1.00 bits per heavy atom. The largest absolute Gasteiger partial charge is 0.352 e. The van der Waals surface area contributed by atoms with Gasteiger partial charge >= 0.3 is 0 Å². The van der Waals surface area contributed by atoms with E-state index in [9.17, 15) is 14.4 Å². The van der Waals surface area contributed by atoms with Crippen LogP contribution in [0.15, 0.2) is 61.2 Å². The molecule has 3 heterocycles. The molecular formula is C26H21Cl2N5O3. The van der Waals surface area contributed by atoms with Crippen LogP contribution >= 0.6 is 23.2 Å². The molecule has 3 aromatic heterocycles. The molecule has 1 aliphatic rings. The van der Waals surface area contributed by atoms with Crippen LogP contribution in [-0.4, -0.2) is 38.8 Å². The topological polar surface area (TPSA) is 106 Å². The van der Waals surface area contributed by atoms with Gasteiger partial charge in [-0.1, -0.05) is 23.2 Å². The van der Waals surface area contributed by atoms with Crippen molar-refractivity contribution in [2.24, 2.45) is 5.92 Å². The molecule has 0 atom stereocenters. The number of nitrogens with one attached hydrogen (secondary N) is 2. The van der Waals surface area contributed by atoms with Gasteiger partial charge in [0.15, 0.2) is 0 Å². The molecule has 1 aromatic carbocycles. The number of hydrogen-bond acceptors (Lipinski definition) is 5. The zero-order valence-corrected chi connectivity index (χ0v) is 20.5. The van der Waals surface area contributed by atoms with Crippen molar-refractivity contribution in [3.8, 4) is 0 Å². The first-order valence-corrected chi connectivity index (χ1v) is 12.2. The number of halogens is 2. The second-order valence-electron chi connectivity index (χ2n) is 8.52. The molecule has 1 fully saturated rings. The smallest absolute Gasteiger partial charge is 0.265 e. The molecule has 0 unspecified atom stereocenters. The van der Waals surface area contributed by atoms with Crippen LogP contribution in [0, 0.1) is 5.92 Å². The fourth-order valence-electron chi connectivity index (χ4n) is 3.91. The summed E-state index contributed by atoms with van der Waals surface area (Å²) in [5.74, 6) is -0.466. The first-order chi connectivity index (χ1) is 17.4. The molecule has 0 aliphatic heterocycles. The van der Waals surface area contributed by atoms with Gasteiger partial charge in [-0.25, -0.2) is 4.98 Å². The zero-order valence-electron chi connectivity index (χ0n) is 19.0. The van der Waals surface area contributed by atoms with Crippen LogP contribution in [0.2, 0.25) is 10.0 Å². The van der Waals surface area contributed by atoms with Crippen LogP contribution in [0.25, 0.3) is 10.9 Å². The van der Waals surface area contributed by atoms with Crippen LogP contribution in [0.1, 0.15) is 39.1 Å². The summed E-state index contributed by atoms with van der Waals surface area (Å²) in [6.45, 7) is 0.418. The minimum Gasteiger partial charge on any atom is -0.352 e. The summed E-state index contributed by atoms with van der Waals surface area (Å²) in [4.78, 5) is 46.5. The lowest BCUT2D eigenvalue weighted by Gasteiger charge is -2.12. The summed E-state index contributed by atoms with van der Waals surface area (Å²) >= 11 is 12.9. The molecular weight excluding hydrogens is 501 g/mol. The minimum atomic E-state index is -0.463. The van der Waals surface area contributed by atoms with Crippen molar-refractivity contribution in [3.63, 3.8) is 0 Å². The van der Waals surface area contributed by atoms with Gasteiger partial charge < -0.3 is 10.6 Å². The number of rotatable bonds is 7. The fraction of sp³-hybridized carbons (Fsp3) is 0.192. The van der Waals surface area contributed by atoms with Crippen LogP contribution < -0.4 is 10.6 Å².